The maximum atomic E-state index is 12.1. The third-order valence-electron chi connectivity index (χ3n) is 3.22. The van der Waals surface area contributed by atoms with Crippen molar-refractivity contribution in [2.75, 3.05) is 0 Å². The lowest BCUT2D eigenvalue weighted by molar-refractivity contribution is 0.457. The summed E-state index contributed by atoms with van der Waals surface area (Å²) in [6.45, 7) is 1.99. The summed E-state index contributed by atoms with van der Waals surface area (Å²) in [5, 5.41) is 10.0. The zero-order valence-corrected chi connectivity index (χ0v) is 11.0. The predicted octanol–water partition coefficient (Wildman–Crippen LogP) is 2.85. The van der Waals surface area contributed by atoms with Crippen LogP contribution >= 0.6 is 0 Å². The molecule has 0 saturated carbocycles. The van der Waals surface area contributed by atoms with Crippen LogP contribution in [0.1, 0.15) is 5.56 Å². The monoisotopic (exact) mass is 266 g/mol. The Hall–Kier alpha value is -2.75. The minimum absolute atomic E-state index is 0.123. The van der Waals surface area contributed by atoms with E-state index >= 15 is 0 Å². The van der Waals surface area contributed by atoms with Gasteiger partial charge in [-0.1, -0.05) is 48.0 Å². The molecule has 20 heavy (non-hydrogen) atoms. The van der Waals surface area contributed by atoms with Crippen LogP contribution in [0.2, 0.25) is 0 Å². The van der Waals surface area contributed by atoms with Crippen LogP contribution < -0.4 is 5.69 Å². The molecule has 0 saturated heterocycles. The lowest BCUT2D eigenvalue weighted by atomic mass is 10.1. The van der Waals surface area contributed by atoms with Gasteiger partial charge in [-0.3, -0.25) is 9.55 Å². The molecule has 4 nitrogen and oxygen atoms in total. The van der Waals surface area contributed by atoms with Gasteiger partial charge in [0.1, 0.15) is 5.69 Å². The molecule has 100 valence electrons. The Kier molecular flexibility index (Phi) is 2.91. The Morgan fingerprint density at radius 1 is 1.00 bits per heavy atom. The van der Waals surface area contributed by atoms with E-state index in [1.54, 1.807) is 0 Å². The molecule has 0 unspecified atom stereocenters. The van der Waals surface area contributed by atoms with Gasteiger partial charge in [0, 0.05) is 5.56 Å². The molecule has 1 heterocycles. The largest absolute Gasteiger partial charge is 0.493 e. The molecule has 0 aliphatic carbocycles. The van der Waals surface area contributed by atoms with Crippen molar-refractivity contribution in [3.63, 3.8) is 0 Å². The van der Waals surface area contributed by atoms with Crippen LogP contribution in [-0.4, -0.2) is 14.7 Å². The van der Waals surface area contributed by atoms with Crippen LogP contribution in [0.4, 0.5) is 0 Å². The number of aromatic hydroxyl groups is 1. The number of imidazole rings is 1. The summed E-state index contributed by atoms with van der Waals surface area (Å²) in [5.41, 5.74) is 2.73. The van der Waals surface area contributed by atoms with Crippen molar-refractivity contribution in [1.82, 2.24) is 9.55 Å². The first kappa shape index (κ1) is 12.3. The Morgan fingerprint density at radius 2 is 1.65 bits per heavy atom. The van der Waals surface area contributed by atoms with E-state index in [0.29, 0.717) is 5.69 Å². The van der Waals surface area contributed by atoms with Gasteiger partial charge in [0.15, 0.2) is 0 Å². The van der Waals surface area contributed by atoms with Crippen LogP contribution in [0.15, 0.2) is 59.4 Å². The molecule has 0 aliphatic heterocycles. The first-order chi connectivity index (χ1) is 9.66. The smallest absolute Gasteiger partial charge is 0.333 e. The second-order valence-corrected chi connectivity index (χ2v) is 4.66. The number of aromatic amines is 1. The number of aromatic nitrogens is 2. The fourth-order valence-corrected chi connectivity index (χ4v) is 2.23. The summed E-state index contributed by atoms with van der Waals surface area (Å²) < 4.78 is 1.48. The third kappa shape index (κ3) is 2.01. The number of rotatable bonds is 2. The zero-order valence-electron chi connectivity index (χ0n) is 11.0. The second-order valence-electron chi connectivity index (χ2n) is 4.66. The van der Waals surface area contributed by atoms with Crippen molar-refractivity contribution in [2.45, 2.75) is 6.92 Å². The minimum atomic E-state index is -0.356. The van der Waals surface area contributed by atoms with E-state index in [-0.39, 0.29) is 11.6 Å². The molecule has 0 amide bonds. The highest BCUT2D eigenvalue weighted by Gasteiger charge is 2.16. The molecule has 2 N–H and O–H groups in total. The van der Waals surface area contributed by atoms with Crippen molar-refractivity contribution in [3.05, 3.63) is 70.6 Å². The topological polar surface area (TPSA) is 58.0 Å². The van der Waals surface area contributed by atoms with Crippen molar-refractivity contribution in [2.24, 2.45) is 0 Å². The average molecular weight is 266 g/mol. The fraction of sp³-hybridized carbons (Fsp3) is 0.0625. The summed E-state index contributed by atoms with van der Waals surface area (Å²) in [6.07, 6.45) is 0. The van der Waals surface area contributed by atoms with Crippen LogP contribution in [0.5, 0.6) is 5.88 Å². The van der Waals surface area contributed by atoms with Crippen LogP contribution in [0.25, 0.3) is 16.9 Å². The van der Waals surface area contributed by atoms with E-state index in [9.17, 15) is 9.90 Å². The molecule has 0 aliphatic rings. The van der Waals surface area contributed by atoms with Gasteiger partial charge in [0.2, 0.25) is 5.88 Å². The molecule has 1 aromatic heterocycles. The van der Waals surface area contributed by atoms with Crippen molar-refractivity contribution in [1.29, 1.82) is 0 Å². The van der Waals surface area contributed by atoms with E-state index in [0.717, 1.165) is 16.8 Å². The lowest BCUT2D eigenvalue weighted by Gasteiger charge is -2.08. The molecule has 0 atom stereocenters. The number of hydrogen-bond acceptors (Lipinski definition) is 2. The number of nitrogens with one attached hydrogen (secondary N) is 1. The van der Waals surface area contributed by atoms with Gasteiger partial charge in [-0.05, 0) is 19.1 Å². The fourth-order valence-electron chi connectivity index (χ4n) is 2.23. The van der Waals surface area contributed by atoms with Gasteiger partial charge in [0.25, 0.3) is 0 Å². The number of aryl methyl sites for hydroxylation is 1. The van der Waals surface area contributed by atoms with Gasteiger partial charge in [0.05, 0.1) is 5.69 Å². The number of hydrogen-bond donors (Lipinski definition) is 2. The molecular formula is C16H14N2O2. The SMILES string of the molecule is Cc1ccc(-n2c(-c3ccccc3)c(O)[nH]c2=O)cc1. The van der Waals surface area contributed by atoms with E-state index in [4.69, 9.17) is 0 Å². The molecular weight excluding hydrogens is 252 g/mol. The van der Waals surface area contributed by atoms with E-state index in [1.165, 1.54) is 4.57 Å². The van der Waals surface area contributed by atoms with Crippen LogP contribution in [0, 0.1) is 6.92 Å². The van der Waals surface area contributed by atoms with Gasteiger partial charge < -0.3 is 5.11 Å². The maximum Gasteiger partial charge on any atom is 0.333 e. The lowest BCUT2D eigenvalue weighted by Crippen LogP contribution is -2.15. The number of nitrogens with zero attached hydrogens (tertiary/aromatic N) is 1. The highest BCUT2D eigenvalue weighted by atomic mass is 16.3. The Morgan fingerprint density at radius 3 is 2.30 bits per heavy atom. The van der Waals surface area contributed by atoms with Crippen molar-refractivity contribution >= 4 is 0 Å². The first-order valence-electron chi connectivity index (χ1n) is 6.33. The first-order valence-corrected chi connectivity index (χ1v) is 6.33. The van der Waals surface area contributed by atoms with Crippen LogP contribution in [0.3, 0.4) is 0 Å². The molecule has 0 fully saturated rings. The normalized spacial score (nSPS) is 10.7. The minimum Gasteiger partial charge on any atom is -0.493 e. The summed E-state index contributed by atoms with van der Waals surface area (Å²) in [7, 11) is 0. The maximum absolute atomic E-state index is 12.1. The molecule has 0 radical (unpaired) electrons. The molecule has 3 aromatic rings. The number of benzene rings is 2. The van der Waals surface area contributed by atoms with Gasteiger partial charge in [-0.15, -0.1) is 0 Å². The van der Waals surface area contributed by atoms with E-state index < -0.39 is 0 Å². The molecule has 0 bridgehead atoms. The Labute approximate surface area is 116 Å². The highest BCUT2D eigenvalue weighted by molar-refractivity contribution is 5.67. The van der Waals surface area contributed by atoms with E-state index in [2.05, 4.69) is 4.98 Å². The second kappa shape index (κ2) is 4.74. The summed E-state index contributed by atoms with van der Waals surface area (Å²) in [6, 6.07) is 16.9. The molecule has 4 heteroatoms. The summed E-state index contributed by atoms with van der Waals surface area (Å²) >= 11 is 0. The average Bonchev–Trinajstić information content (AvgIpc) is 2.75. The number of H-pyrrole nitrogens is 1. The molecule has 0 spiro atoms. The van der Waals surface area contributed by atoms with Crippen molar-refractivity contribution in [3.8, 4) is 22.8 Å². The molecule has 3 rings (SSSR count). The standard InChI is InChI=1S/C16H14N2O2/c1-11-7-9-13(10-8-11)18-14(15(19)17-16(18)20)12-5-3-2-4-6-12/h2-10,19H,1H3,(H,17,20). The molecule has 2 aromatic carbocycles. The Bertz CT molecular complexity index is 784. The quantitative estimate of drug-likeness (QED) is 0.749. The van der Waals surface area contributed by atoms with E-state index in [1.807, 2.05) is 61.5 Å². The summed E-state index contributed by atoms with van der Waals surface area (Å²) in [4.78, 5) is 14.5. The van der Waals surface area contributed by atoms with Gasteiger partial charge >= 0.3 is 5.69 Å². The zero-order chi connectivity index (χ0) is 14.1. The van der Waals surface area contributed by atoms with Gasteiger partial charge in [-0.25, -0.2) is 4.79 Å². The predicted molar refractivity (Wildman–Crippen MR) is 78.2 cm³/mol. The Balaban J connectivity index is 2.26. The van der Waals surface area contributed by atoms with Crippen LogP contribution in [-0.2, 0) is 0 Å². The summed E-state index contributed by atoms with van der Waals surface area (Å²) in [5.74, 6) is -0.123. The van der Waals surface area contributed by atoms with Crippen molar-refractivity contribution < 1.29 is 5.11 Å². The van der Waals surface area contributed by atoms with Gasteiger partial charge in [-0.2, -0.15) is 0 Å². The third-order valence-corrected chi connectivity index (χ3v) is 3.22. The highest BCUT2D eigenvalue weighted by Crippen LogP contribution is 2.28.